The van der Waals surface area contributed by atoms with Crippen molar-refractivity contribution in [1.29, 1.82) is 0 Å². The van der Waals surface area contributed by atoms with E-state index in [2.05, 4.69) is 42.6 Å². The maximum atomic E-state index is 3.16. The van der Waals surface area contributed by atoms with Crippen molar-refractivity contribution < 1.29 is 0 Å². The van der Waals surface area contributed by atoms with Gasteiger partial charge in [-0.1, -0.05) is 37.3 Å². The quantitative estimate of drug-likeness (QED) is 0.718. The lowest BCUT2D eigenvalue weighted by Crippen LogP contribution is -2.03. The highest BCUT2D eigenvalue weighted by atomic mass is 14.8. The highest BCUT2D eigenvalue weighted by Gasteiger charge is 1.89. The smallest absolute Gasteiger partial charge is 0.0107 e. The Bertz CT molecular complexity index is 243. The molecular formula is C11H15N. The predicted octanol–water partition coefficient (Wildman–Crippen LogP) is 2.66. The van der Waals surface area contributed by atoms with Crippen LogP contribution in [0.15, 0.2) is 36.0 Å². The number of hydrogen-bond donors (Lipinski definition) is 1. The number of hydrogen-bond acceptors (Lipinski definition) is 1. The molecule has 0 unspecified atom stereocenters. The van der Waals surface area contributed by atoms with Gasteiger partial charge in [-0.2, -0.15) is 0 Å². The minimum absolute atomic E-state index is 1.05. The lowest BCUT2D eigenvalue weighted by Gasteiger charge is -2.02. The molecule has 1 N–H and O–H groups in total. The van der Waals surface area contributed by atoms with Gasteiger partial charge in [0, 0.05) is 12.7 Å². The summed E-state index contributed by atoms with van der Waals surface area (Å²) in [5, 5.41) is 3.16. The zero-order valence-corrected chi connectivity index (χ0v) is 7.67. The van der Waals surface area contributed by atoms with Crippen LogP contribution in [0.2, 0.25) is 0 Å². The van der Waals surface area contributed by atoms with E-state index in [0.717, 1.165) is 6.42 Å². The molecule has 0 spiro atoms. The monoisotopic (exact) mass is 161 g/mol. The zero-order valence-electron chi connectivity index (χ0n) is 7.67. The molecule has 12 heavy (non-hydrogen) atoms. The minimum atomic E-state index is 1.05. The summed E-state index contributed by atoms with van der Waals surface area (Å²) in [5.41, 5.74) is 2.52. The second-order valence-corrected chi connectivity index (χ2v) is 2.68. The van der Waals surface area contributed by atoms with Crippen LogP contribution < -0.4 is 5.32 Å². The first-order valence-electron chi connectivity index (χ1n) is 4.30. The number of rotatable bonds is 3. The van der Waals surface area contributed by atoms with Crippen LogP contribution >= 0.6 is 0 Å². The van der Waals surface area contributed by atoms with Gasteiger partial charge in [-0.3, -0.25) is 0 Å². The van der Waals surface area contributed by atoms with E-state index in [1.807, 2.05) is 13.1 Å². The van der Waals surface area contributed by atoms with Crippen molar-refractivity contribution in [1.82, 2.24) is 5.32 Å². The molecular weight excluding hydrogens is 146 g/mol. The Hall–Kier alpha value is -1.24. The van der Waals surface area contributed by atoms with Gasteiger partial charge in [-0.15, -0.1) is 0 Å². The van der Waals surface area contributed by atoms with Crippen LogP contribution in [0.1, 0.15) is 18.9 Å². The first kappa shape index (κ1) is 8.85. The fraction of sp³-hybridized carbons (Fsp3) is 0.273. The van der Waals surface area contributed by atoms with E-state index < -0.39 is 0 Å². The maximum Gasteiger partial charge on any atom is 0.0107 e. The summed E-state index contributed by atoms with van der Waals surface area (Å²) in [6.45, 7) is 2.14. The molecule has 0 heterocycles. The number of allylic oxidation sites excluding steroid dienone is 1. The van der Waals surface area contributed by atoms with Crippen molar-refractivity contribution in [2.24, 2.45) is 0 Å². The lowest BCUT2D eigenvalue weighted by molar-refractivity contribution is 0.912. The van der Waals surface area contributed by atoms with Crippen molar-refractivity contribution >= 4 is 6.08 Å². The fourth-order valence-corrected chi connectivity index (χ4v) is 1.10. The first-order chi connectivity index (χ1) is 5.86. The Labute approximate surface area is 74.1 Å². The van der Waals surface area contributed by atoms with Crippen molar-refractivity contribution in [3.8, 4) is 0 Å². The molecule has 0 amide bonds. The van der Waals surface area contributed by atoms with E-state index in [0.29, 0.717) is 0 Å². The van der Waals surface area contributed by atoms with E-state index in [-0.39, 0.29) is 0 Å². The Morgan fingerprint density at radius 3 is 2.50 bits per heavy atom. The summed E-state index contributed by atoms with van der Waals surface area (Å²) in [6, 6.07) is 10.3. The molecule has 64 valence electrons. The van der Waals surface area contributed by atoms with Gasteiger partial charge in [0.2, 0.25) is 0 Å². The van der Waals surface area contributed by atoms with Crippen molar-refractivity contribution in [2.45, 2.75) is 13.3 Å². The van der Waals surface area contributed by atoms with Gasteiger partial charge in [0.25, 0.3) is 0 Å². The van der Waals surface area contributed by atoms with Gasteiger partial charge in [0.05, 0.1) is 0 Å². The van der Waals surface area contributed by atoms with Gasteiger partial charge in [0.1, 0.15) is 0 Å². The van der Waals surface area contributed by atoms with Crippen LogP contribution in [0.5, 0.6) is 0 Å². The molecule has 0 bridgehead atoms. The molecule has 0 atom stereocenters. The largest absolute Gasteiger partial charge is 0.391 e. The van der Waals surface area contributed by atoms with Crippen LogP contribution in [-0.2, 0) is 0 Å². The summed E-state index contributed by atoms with van der Waals surface area (Å²) in [7, 11) is 1.96. The summed E-state index contributed by atoms with van der Waals surface area (Å²) in [6.07, 6.45) is 3.21. The average Bonchev–Trinajstić information content (AvgIpc) is 2.16. The second kappa shape index (κ2) is 4.60. The number of nitrogens with one attached hydrogen (secondary N) is 1. The fourth-order valence-electron chi connectivity index (χ4n) is 1.10. The average molecular weight is 161 g/mol. The Morgan fingerprint density at radius 1 is 1.33 bits per heavy atom. The van der Waals surface area contributed by atoms with Crippen LogP contribution in [0, 0.1) is 0 Å². The Kier molecular flexibility index (Phi) is 3.39. The maximum absolute atomic E-state index is 3.16. The highest BCUT2D eigenvalue weighted by Crippen LogP contribution is 2.05. The Morgan fingerprint density at radius 2 is 2.00 bits per heavy atom. The van der Waals surface area contributed by atoms with Gasteiger partial charge in [-0.05, 0) is 18.1 Å². The molecule has 1 rings (SSSR count). The minimum Gasteiger partial charge on any atom is -0.391 e. The molecule has 1 nitrogen and oxygen atoms in total. The summed E-state index contributed by atoms with van der Waals surface area (Å²) < 4.78 is 0. The van der Waals surface area contributed by atoms with E-state index in [9.17, 15) is 0 Å². The molecule has 0 aromatic heterocycles. The molecule has 0 radical (unpaired) electrons. The SMILES string of the molecule is CC/C(=C/c1ccccc1)NC. The third kappa shape index (κ3) is 2.42. The third-order valence-corrected chi connectivity index (χ3v) is 1.84. The molecule has 0 aliphatic heterocycles. The molecule has 0 aliphatic carbocycles. The van der Waals surface area contributed by atoms with Crippen LogP contribution in [0.3, 0.4) is 0 Å². The Balaban J connectivity index is 2.79. The zero-order chi connectivity index (χ0) is 8.81. The third-order valence-electron chi connectivity index (χ3n) is 1.84. The standard InChI is InChI=1S/C11H15N/c1-3-11(12-2)9-10-7-5-4-6-8-10/h4-9,12H,3H2,1-2H3/b11-9-. The molecule has 1 aromatic carbocycles. The van der Waals surface area contributed by atoms with Crippen molar-refractivity contribution in [3.63, 3.8) is 0 Å². The summed E-state index contributed by atoms with van der Waals surface area (Å²) >= 11 is 0. The molecule has 0 fully saturated rings. The van der Waals surface area contributed by atoms with Crippen molar-refractivity contribution in [3.05, 3.63) is 41.6 Å². The number of benzene rings is 1. The van der Waals surface area contributed by atoms with Gasteiger partial charge in [-0.25, -0.2) is 0 Å². The van der Waals surface area contributed by atoms with Crippen LogP contribution in [-0.4, -0.2) is 7.05 Å². The topological polar surface area (TPSA) is 12.0 Å². The highest BCUT2D eigenvalue weighted by molar-refractivity contribution is 5.51. The predicted molar refractivity (Wildman–Crippen MR) is 53.8 cm³/mol. The van der Waals surface area contributed by atoms with Gasteiger partial charge < -0.3 is 5.32 Å². The molecule has 1 heteroatoms. The van der Waals surface area contributed by atoms with E-state index in [1.165, 1.54) is 11.3 Å². The van der Waals surface area contributed by atoms with E-state index in [1.54, 1.807) is 0 Å². The van der Waals surface area contributed by atoms with E-state index in [4.69, 9.17) is 0 Å². The molecule has 0 aliphatic rings. The first-order valence-corrected chi connectivity index (χ1v) is 4.30. The molecule has 1 aromatic rings. The second-order valence-electron chi connectivity index (χ2n) is 2.68. The van der Waals surface area contributed by atoms with Crippen molar-refractivity contribution in [2.75, 3.05) is 7.05 Å². The summed E-state index contributed by atoms with van der Waals surface area (Å²) in [5.74, 6) is 0. The van der Waals surface area contributed by atoms with E-state index >= 15 is 0 Å². The van der Waals surface area contributed by atoms with Gasteiger partial charge in [0.15, 0.2) is 0 Å². The molecule has 0 saturated heterocycles. The van der Waals surface area contributed by atoms with Crippen LogP contribution in [0.25, 0.3) is 6.08 Å². The van der Waals surface area contributed by atoms with Gasteiger partial charge >= 0.3 is 0 Å². The molecule has 0 saturated carbocycles. The normalized spacial score (nSPS) is 11.3. The summed E-state index contributed by atoms with van der Waals surface area (Å²) in [4.78, 5) is 0. The van der Waals surface area contributed by atoms with Crippen LogP contribution in [0.4, 0.5) is 0 Å². The lowest BCUT2D eigenvalue weighted by atomic mass is 10.2.